The summed E-state index contributed by atoms with van der Waals surface area (Å²) in [5, 5.41) is 0. The van der Waals surface area contributed by atoms with Crippen molar-refractivity contribution in [2.75, 3.05) is 18.5 Å². The van der Waals surface area contributed by atoms with Gasteiger partial charge in [0.2, 0.25) is 0 Å². The van der Waals surface area contributed by atoms with Gasteiger partial charge in [0.05, 0.1) is 0 Å². The van der Waals surface area contributed by atoms with Gasteiger partial charge in [-0.2, -0.15) is 0 Å². The van der Waals surface area contributed by atoms with Crippen LogP contribution in [0.4, 0.5) is 5.69 Å². The fraction of sp³-hybridized carbons (Fsp3) is 0.647. The Morgan fingerprint density at radius 1 is 1.33 bits per heavy atom. The zero-order valence-corrected chi connectivity index (χ0v) is 12.5. The number of benzene rings is 1. The molecule has 0 bridgehead atoms. The van der Waals surface area contributed by atoms with Gasteiger partial charge in [0.25, 0.3) is 0 Å². The van der Waals surface area contributed by atoms with Crippen molar-refractivity contribution >= 4 is 5.69 Å². The highest BCUT2D eigenvalue weighted by Crippen LogP contribution is 2.44. The van der Waals surface area contributed by atoms with E-state index in [0.717, 1.165) is 11.8 Å². The second kappa shape index (κ2) is 4.95. The van der Waals surface area contributed by atoms with Crippen LogP contribution in [0.5, 0.6) is 0 Å². The number of hydrogen-bond acceptors (Lipinski definition) is 1. The van der Waals surface area contributed by atoms with Crippen LogP contribution >= 0.6 is 0 Å². The van der Waals surface area contributed by atoms with E-state index in [1.165, 1.54) is 30.6 Å². The Morgan fingerprint density at radius 3 is 2.67 bits per heavy atom. The van der Waals surface area contributed by atoms with E-state index in [9.17, 15) is 0 Å². The molecule has 0 saturated heterocycles. The van der Waals surface area contributed by atoms with Crippen molar-refractivity contribution in [2.45, 2.75) is 46.0 Å². The lowest BCUT2D eigenvalue weighted by Crippen LogP contribution is -2.44. The third-order valence-electron chi connectivity index (χ3n) is 4.91. The number of rotatable bonds is 3. The van der Waals surface area contributed by atoms with Crippen molar-refractivity contribution in [3.05, 3.63) is 29.8 Å². The number of fused-ring (bicyclic) bond motifs is 1. The van der Waals surface area contributed by atoms with Gasteiger partial charge in [0.1, 0.15) is 0 Å². The molecule has 0 aromatic heterocycles. The van der Waals surface area contributed by atoms with Gasteiger partial charge in [-0.25, -0.2) is 0 Å². The van der Waals surface area contributed by atoms with Crippen LogP contribution in [0.25, 0.3) is 0 Å². The molecule has 1 heteroatoms. The first-order valence-electron chi connectivity index (χ1n) is 7.27. The third kappa shape index (κ3) is 2.28. The number of hydrogen-bond donors (Lipinski definition) is 0. The van der Waals surface area contributed by atoms with Crippen LogP contribution in [0.15, 0.2) is 24.3 Å². The standard InChI is InChI=1S/C17H27N/c1-6-13(2)11-14-12-18(5)16-10-8-7-9-15(16)17(14,3)4/h7-10,13-14H,6,11-12H2,1-5H3. The number of para-hydroxylation sites is 1. The summed E-state index contributed by atoms with van der Waals surface area (Å²) in [5.74, 6) is 1.58. The van der Waals surface area contributed by atoms with Gasteiger partial charge >= 0.3 is 0 Å². The fourth-order valence-electron chi connectivity index (χ4n) is 3.25. The van der Waals surface area contributed by atoms with Crippen LogP contribution in [0.3, 0.4) is 0 Å². The maximum atomic E-state index is 2.44. The Balaban J connectivity index is 2.33. The van der Waals surface area contributed by atoms with E-state index in [1.54, 1.807) is 0 Å². The first-order valence-corrected chi connectivity index (χ1v) is 7.27. The Hall–Kier alpha value is -0.980. The molecule has 1 aliphatic rings. The van der Waals surface area contributed by atoms with Crippen LogP contribution in [0.2, 0.25) is 0 Å². The van der Waals surface area contributed by atoms with Crippen molar-refractivity contribution in [3.63, 3.8) is 0 Å². The van der Waals surface area contributed by atoms with Crippen LogP contribution in [0, 0.1) is 11.8 Å². The molecule has 2 atom stereocenters. The largest absolute Gasteiger partial charge is 0.374 e. The number of nitrogens with zero attached hydrogens (tertiary/aromatic N) is 1. The monoisotopic (exact) mass is 245 g/mol. The highest BCUT2D eigenvalue weighted by Gasteiger charge is 2.38. The molecule has 0 fully saturated rings. The topological polar surface area (TPSA) is 3.24 Å². The normalized spacial score (nSPS) is 23.6. The average molecular weight is 245 g/mol. The van der Waals surface area contributed by atoms with Gasteiger partial charge in [-0.3, -0.25) is 0 Å². The van der Waals surface area contributed by atoms with Crippen LogP contribution in [0.1, 0.15) is 46.1 Å². The minimum absolute atomic E-state index is 0.298. The van der Waals surface area contributed by atoms with E-state index in [-0.39, 0.29) is 0 Å². The Bertz CT molecular complexity index is 408. The molecule has 1 aliphatic heterocycles. The lowest BCUT2D eigenvalue weighted by atomic mass is 9.67. The highest BCUT2D eigenvalue weighted by molar-refractivity contribution is 5.58. The molecule has 0 N–H and O–H groups in total. The van der Waals surface area contributed by atoms with Crippen molar-refractivity contribution < 1.29 is 0 Å². The molecular weight excluding hydrogens is 218 g/mol. The molecule has 1 aromatic carbocycles. The van der Waals surface area contributed by atoms with Gasteiger partial charge in [-0.05, 0) is 35.3 Å². The van der Waals surface area contributed by atoms with Crippen LogP contribution < -0.4 is 4.90 Å². The molecule has 0 saturated carbocycles. The smallest absolute Gasteiger partial charge is 0.0401 e. The molecule has 18 heavy (non-hydrogen) atoms. The first-order chi connectivity index (χ1) is 8.46. The molecule has 1 aromatic rings. The molecule has 0 amide bonds. The van der Waals surface area contributed by atoms with Gasteiger partial charge < -0.3 is 4.90 Å². The molecular formula is C17H27N. The molecule has 2 unspecified atom stereocenters. The third-order valence-corrected chi connectivity index (χ3v) is 4.91. The lowest BCUT2D eigenvalue weighted by molar-refractivity contribution is 0.251. The Labute approximate surface area is 112 Å². The molecule has 0 aliphatic carbocycles. The summed E-state index contributed by atoms with van der Waals surface area (Å²) in [6.45, 7) is 10.7. The number of anilines is 1. The van der Waals surface area contributed by atoms with Gasteiger partial charge in [-0.15, -0.1) is 0 Å². The summed E-state index contributed by atoms with van der Waals surface area (Å²) in [7, 11) is 2.23. The summed E-state index contributed by atoms with van der Waals surface area (Å²) in [6, 6.07) is 8.91. The summed E-state index contributed by atoms with van der Waals surface area (Å²) in [5.41, 5.74) is 3.24. The van der Waals surface area contributed by atoms with E-state index in [4.69, 9.17) is 0 Å². The van der Waals surface area contributed by atoms with Crippen LogP contribution in [-0.4, -0.2) is 13.6 Å². The van der Waals surface area contributed by atoms with Crippen molar-refractivity contribution in [3.8, 4) is 0 Å². The summed E-state index contributed by atoms with van der Waals surface area (Å²) in [6.07, 6.45) is 2.63. The van der Waals surface area contributed by atoms with E-state index in [1.807, 2.05) is 0 Å². The molecule has 2 rings (SSSR count). The maximum Gasteiger partial charge on any atom is 0.0401 e. The second-order valence-corrected chi connectivity index (χ2v) is 6.57. The summed E-state index contributed by atoms with van der Waals surface area (Å²) in [4.78, 5) is 2.44. The second-order valence-electron chi connectivity index (χ2n) is 6.57. The SMILES string of the molecule is CCC(C)CC1CN(C)c2ccccc2C1(C)C. The van der Waals surface area contributed by atoms with Crippen LogP contribution in [-0.2, 0) is 5.41 Å². The van der Waals surface area contributed by atoms with E-state index < -0.39 is 0 Å². The molecule has 1 heterocycles. The average Bonchev–Trinajstić information content (AvgIpc) is 2.36. The first kappa shape index (κ1) is 13.5. The quantitative estimate of drug-likeness (QED) is 0.759. The molecule has 1 nitrogen and oxygen atoms in total. The van der Waals surface area contributed by atoms with E-state index >= 15 is 0 Å². The highest BCUT2D eigenvalue weighted by atomic mass is 15.1. The van der Waals surface area contributed by atoms with E-state index in [0.29, 0.717) is 5.41 Å². The zero-order valence-electron chi connectivity index (χ0n) is 12.5. The maximum absolute atomic E-state index is 2.44. The Morgan fingerprint density at radius 2 is 2.00 bits per heavy atom. The van der Waals surface area contributed by atoms with Gasteiger partial charge in [-0.1, -0.05) is 52.3 Å². The van der Waals surface area contributed by atoms with Crippen molar-refractivity contribution in [2.24, 2.45) is 11.8 Å². The summed E-state index contributed by atoms with van der Waals surface area (Å²) < 4.78 is 0. The predicted molar refractivity (Wildman–Crippen MR) is 80.3 cm³/mol. The minimum atomic E-state index is 0.298. The Kier molecular flexibility index (Phi) is 3.70. The van der Waals surface area contributed by atoms with E-state index in [2.05, 4.69) is 63.9 Å². The summed E-state index contributed by atoms with van der Waals surface area (Å²) >= 11 is 0. The minimum Gasteiger partial charge on any atom is -0.374 e. The molecule has 100 valence electrons. The van der Waals surface area contributed by atoms with Gasteiger partial charge in [0.15, 0.2) is 0 Å². The van der Waals surface area contributed by atoms with Crippen molar-refractivity contribution in [1.29, 1.82) is 0 Å². The van der Waals surface area contributed by atoms with Gasteiger partial charge in [0, 0.05) is 19.3 Å². The fourth-order valence-corrected chi connectivity index (χ4v) is 3.25. The molecule has 0 radical (unpaired) electrons. The molecule has 0 spiro atoms. The zero-order chi connectivity index (χ0) is 13.3. The lowest BCUT2D eigenvalue weighted by Gasteiger charge is -2.46. The van der Waals surface area contributed by atoms with Crippen molar-refractivity contribution in [1.82, 2.24) is 0 Å². The predicted octanol–water partition coefficient (Wildman–Crippen LogP) is 4.47.